The molecule has 3 rings (SSSR count). The molecule has 0 aliphatic carbocycles. The predicted molar refractivity (Wildman–Crippen MR) is 96.5 cm³/mol. The normalized spacial score (nSPS) is 15.7. The Balaban J connectivity index is 1.57. The standard InChI is InChI=1S/C19H20F2N2O3S/c20-16-5-3-6-17(14-16)27(25,26)23-12-10-22(11-13-23)19(24)9-8-15-4-1-2-7-18(15)21/h1-7,14H,8-13H2. The van der Waals surface area contributed by atoms with Gasteiger partial charge in [0.2, 0.25) is 15.9 Å². The van der Waals surface area contributed by atoms with Gasteiger partial charge in [0.15, 0.2) is 0 Å². The van der Waals surface area contributed by atoms with Gasteiger partial charge in [0.1, 0.15) is 11.6 Å². The smallest absolute Gasteiger partial charge is 0.243 e. The van der Waals surface area contributed by atoms with Gasteiger partial charge in [-0.1, -0.05) is 24.3 Å². The van der Waals surface area contributed by atoms with E-state index in [2.05, 4.69) is 0 Å². The summed E-state index contributed by atoms with van der Waals surface area (Å²) < 4.78 is 53.4. The molecule has 1 aliphatic heterocycles. The van der Waals surface area contributed by atoms with Crippen molar-refractivity contribution < 1.29 is 22.0 Å². The summed E-state index contributed by atoms with van der Waals surface area (Å²) in [6.07, 6.45) is 0.463. The zero-order valence-corrected chi connectivity index (χ0v) is 15.5. The maximum atomic E-state index is 13.6. The number of aryl methyl sites for hydroxylation is 1. The number of hydrogen-bond acceptors (Lipinski definition) is 3. The zero-order chi connectivity index (χ0) is 19.4. The van der Waals surface area contributed by atoms with E-state index in [1.165, 1.54) is 28.6 Å². The van der Waals surface area contributed by atoms with Crippen molar-refractivity contribution in [2.75, 3.05) is 26.2 Å². The Morgan fingerprint density at radius 1 is 0.963 bits per heavy atom. The third kappa shape index (κ3) is 4.51. The molecule has 1 saturated heterocycles. The third-order valence-electron chi connectivity index (χ3n) is 4.59. The highest BCUT2D eigenvalue weighted by Gasteiger charge is 2.30. The fourth-order valence-corrected chi connectivity index (χ4v) is 4.51. The summed E-state index contributed by atoms with van der Waals surface area (Å²) in [7, 11) is -3.79. The van der Waals surface area contributed by atoms with Gasteiger partial charge in [0, 0.05) is 32.6 Å². The van der Waals surface area contributed by atoms with E-state index in [4.69, 9.17) is 0 Å². The molecule has 144 valence electrons. The summed E-state index contributed by atoms with van der Waals surface area (Å²) in [5.74, 6) is -1.09. The first-order valence-electron chi connectivity index (χ1n) is 8.65. The number of benzene rings is 2. The Kier molecular flexibility index (Phi) is 5.86. The fourth-order valence-electron chi connectivity index (χ4n) is 3.06. The van der Waals surface area contributed by atoms with Crippen LogP contribution in [0.1, 0.15) is 12.0 Å². The van der Waals surface area contributed by atoms with Gasteiger partial charge in [0.25, 0.3) is 0 Å². The molecule has 2 aromatic carbocycles. The number of halogens is 2. The molecule has 0 unspecified atom stereocenters. The lowest BCUT2D eigenvalue weighted by atomic mass is 10.1. The fraction of sp³-hybridized carbons (Fsp3) is 0.316. The van der Waals surface area contributed by atoms with Crippen LogP contribution in [0.4, 0.5) is 8.78 Å². The number of sulfonamides is 1. The minimum absolute atomic E-state index is 0.0955. The molecule has 0 atom stereocenters. The van der Waals surface area contributed by atoms with Crippen LogP contribution < -0.4 is 0 Å². The van der Waals surface area contributed by atoms with Gasteiger partial charge in [0.05, 0.1) is 4.90 Å². The van der Waals surface area contributed by atoms with E-state index in [1.807, 2.05) is 0 Å². The van der Waals surface area contributed by atoms with Crippen LogP contribution in [0.15, 0.2) is 53.4 Å². The Bertz CT molecular complexity index is 926. The van der Waals surface area contributed by atoms with Gasteiger partial charge < -0.3 is 4.90 Å². The highest BCUT2D eigenvalue weighted by atomic mass is 32.2. The lowest BCUT2D eigenvalue weighted by Crippen LogP contribution is -2.50. The maximum Gasteiger partial charge on any atom is 0.243 e. The highest BCUT2D eigenvalue weighted by Crippen LogP contribution is 2.19. The van der Waals surface area contributed by atoms with Crippen molar-refractivity contribution >= 4 is 15.9 Å². The minimum Gasteiger partial charge on any atom is -0.340 e. The van der Waals surface area contributed by atoms with Gasteiger partial charge >= 0.3 is 0 Å². The SMILES string of the molecule is O=C(CCc1ccccc1F)N1CCN(S(=O)(=O)c2cccc(F)c2)CC1. The van der Waals surface area contributed by atoms with Crippen molar-refractivity contribution in [2.24, 2.45) is 0 Å². The lowest BCUT2D eigenvalue weighted by Gasteiger charge is -2.34. The number of piperazine rings is 1. The molecule has 0 bridgehead atoms. The summed E-state index contributed by atoms with van der Waals surface area (Å²) in [4.78, 5) is 13.8. The largest absolute Gasteiger partial charge is 0.340 e. The topological polar surface area (TPSA) is 57.7 Å². The van der Waals surface area contributed by atoms with Crippen LogP contribution in [-0.4, -0.2) is 49.7 Å². The summed E-state index contributed by atoms with van der Waals surface area (Å²) >= 11 is 0. The summed E-state index contributed by atoms with van der Waals surface area (Å²) in [5.41, 5.74) is 0.484. The van der Waals surface area contributed by atoms with Gasteiger partial charge in [-0.25, -0.2) is 17.2 Å². The van der Waals surface area contributed by atoms with Gasteiger partial charge in [-0.15, -0.1) is 0 Å². The Hall–Kier alpha value is -2.32. The first-order chi connectivity index (χ1) is 12.9. The van der Waals surface area contributed by atoms with Crippen molar-refractivity contribution in [1.82, 2.24) is 9.21 Å². The number of carbonyl (C=O) groups is 1. The molecule has 0 spiro atoms. The number of nitrogens with zero attached hydrogens (tertiary/aromatic N) is 2. The molecule has 0 saturated carbocycles. The zero-order valence-electron chi connectivity index (χ0n) is 14.6. The Morgan fingerprint density at radius 3 is 2.33 bits per heavy atom. The molecule has 2 aromatic rings. The highest BCUT2D eigenvalue weighted by molar-refractivity contribution is 7.89. The van der Waals surface area contributed by atoms with Gasteiger partial charge in [-0.2, -0.15) is 4.31 Å². The average molecular weight is 394 g/mol. The van der Waals surface area contributed by atoms with E-state index >= 15 is 0 Å². The maximum absolute atomic E-state index is 13.6. The third-order valence-corrected chi connectivity index (χ3v) is 6.49. The van der Waals surface area contributed by atoms with Crippen LogP contribution in [0.2, 0.25) is 0 Å². The van der Waals surface area contributed by atoms with Crippen molar-refractivity contribution in [3.8, 4) is 0 Å². The number of rotatable bonds is 5. The van der Waals surface area contributed by atoms with E-state index in [0.29, 0.717) is 12.0 Å². The summed E-state index contributed by atoms with van der Waals surface area (Å²) in [5, 5.41) is 0. The van der Waals surface area contributed by atoms with Crippen LogP contribution in [0, 0.1) is 11.6 Å². The quantitative estimate of drug-likeness (QED) is 0.783. The van der Waals surface area contributed by atoms with Crippen LogP contribution >= 0.6 is 0 Å². The molecule has 1 fully saturated rings. The van der Waals surface area contributed by atoms with E-state index in [1.54, 1.807) is 23.1 Å². The van der Waals surface area contributed by atoms with Crippen molar-refractivity contribution in [2.45, 2.75) is 17.7 Å². The lowest BCUT2D eigenvalue weighted by molar-refractivity contribution is -0.132. The van der Waals surface area contributed by atoms with Gasteiger partial charge in [-0.05, 0) is 36.2 Å². The first kappa shape index (κ1) is 19.4. The second-order valence-corrected chi connectivity index (χ2v) is 8.27. The number of hydrogen-bond donors (Lipinski definition) is 0. The van der Waals surface area contributed by atoms with Crippen LogP contribution in [0.25, 0.3) is 0 Å². The van der Waals surface area contributed by atoms with Crippen molar-refractivity contribution in [1.29, 1.82) is 0 Å². The number of amides is 1. The molecular weight excluding hydrogens is 374 g/mol. The monoisotopic (exact) mass is 394 g/mol. The van der Waals surface area contributed by atoms with Crippen molar-refractivity contribution in [3.63, 3.8) is 0 Å². The first-order valence-corrected chi connectivity index (χ1v) is 10.1. The summed E-state index contributed by atoms with van der Waals surface area (Å²) in [6.45, 7) is 0.796. The molecule has 0 aromatic heterocycles. The van der Waals surface area contributed by atoms with E-state index in [-0.39, 0.29) is 49.2 Å². The van der Waals surface area contributed by atoms with Crippen LogP contribution in [0.5, 0.6) is 0 Å². The Labute approximate surface area is 157 Å². The van der Waals surface area contributed by atoms with E-state index in [9.17, 15) is 22.0 Å². The molecule has 5 nitrogen and oxygen atoms in total. The molecule has 0 radical (unpaired) electrons. The average Bonchev–Trinajstić information content (AvgIpc) is 2.67. The molecule has 8 heteroatoms. The molecule has 1 heterocycles. The van der Waals surface area contributed by atoms with Gasteiger partial charge in [-0.3, -0.25) is 4.79 Å². The predicted octanol–water partition coefficient (Wildman–Crippen LogP) is 2.43. The minimum atomic E-state index is -3.79. The second kappa shape index (κ2) is 8.14. The second-order valence-electron chi connectivity index (χ2n) is 6.33. The van der Waals surface area contributed by atoms with E-state index in [0.717, 1.165) is 6.07 Å². The van der Waals surface area contributed by atoms with Crippen LogP contribution in [0.3, 0.4) is 0 Å². The van der Waals surface area contributed by atoms with Crippen LogP contribution in [-0.2, 0) is 21.2 Å². The molecule has 0 N–H and O–H groups in total. The molecular formula is C19H20F2N2O3S. The molecule has 1 amide bonds. The molecule has 27 heavy (non-hydrogen) atoms. The van der Waals surface area contributed by atoms with Crippen molar-refractivity contribution in [3.05, 3.63) is 65.7 Å². The summed E-state index contributed by atoms with van der Waals surface area (Å²) in [6, 6.07) is 11.2. The molecule has 1 aliphatic rings. The number of carbonyl (C=O) groups excluding carboxylic acids is 1. The van der Waals surface area contributed by atoms with E-state index < -0.39 is 15.8 Å². The Morgan fingerprint density at radius 2 is 1.67 bits per heavy atom.